The van der Waals surface area contributed by atoms with Gasteiger partial charge in [0.1, 0.15) is 6.29 Å². The van der Waals surface area contributed by atoms with Gasteiger partial charge in [-0.15, -0.1) is 0 Å². The van der Waals surface area contributed by atoms with Gasteiger partial charge in [-0.3, -0.25) is 5.26 Å². The van der Waals surface area contributed by atoms with E-state index in [4.69, 9.17) is 5.26 Å². The summed E-state index contributed by atoms with van der Waals surface area (Å²) in [6.45, 7) is 0.422. The van der Waals surface area contributed by atoms with Crippen LogP contribution in [0.4, 0.5) is 0 Å². The van der Waals surface area contributed by atoms with Crippen LogP contribution in [0.15, 0.2) is 0 Å². The van der Waals surface area contributed by atoms with Crippen LogP contribution in [0.3, 0.4) is 0 Å². The molecule has 0 unspecified atom stereocenters. The lowest BCUT2D eigenvalue weighted by Gasteiger charge is -2.23. The van der Waals surface area contributed by atoms with Crippen molar-refractivity contribution < 1.29 is 14.9 Å². The van der Waals surface area contributed by atoms with Gasteiger partial charge in [-0.05, 0) is 31.6 Å². The van der Waals surface area contributed by atoms with Crippen LogP contribution in [-0.4, -0.2) is 18.2 Å². The number of carbonyl (C=O) groups excluding carboxylic acids is 1. The summed E-state index contributed by atoms with van der Waals surface area (Å²) in [6.07, 6.45) is 4.96. The highest BCUT2D eigenvalue weighted by Crippen LogP contribution is 2.27. The van der Waals surface area contributed by atoms with Crippen LogP contribution in [0.1, 0.15) is 25.7 Å². The molecule has 1 N–H and O–H groups in total. The first-order valence-corrected chi connectivity index (χ1v) is 4.08. The summed E-state index contributed by atoms with van der Waals surface area (Å²) >= 11 is 0. The van der Waals surface area contributed by atoms with E-state index in [1.807, 2.05) is 0 Å². The van der Waals surface area contributed by atoms with E-state index in [0.29, 0.717) is 12.5 Å². The number of aldehydes is 1. The van der Waals surface area contributed by atoms with Gasteiger partial charge in [-0.25, -0.2) is 4.89 Å². The highest BCUT2D eigenvalue weighted by atomic mass is 17.1. The summed E-state index contributed by atoms with van der Waals surface area (Å²) in [5.74, 6) is 0.709. The maximum absolute atomic E-state index is 10.3. The summed E-state index contributed by atoms with van der Waals surface area (Å²) in [5.41, 5.74) is 0. The zero-order chi connectivity index (χ0) is 8.10. The van der Waals surface area contributed by atoms with Gasteiger partial charge < -0.3 is 4.79 Å². The molecule has 0 saturated heterocycles. The lowest BCUT2D eigenvalue weighted by Crippen LogP contribution is -2.18. The molecule has 3 nitrogen and oxygen atoms in total. The molecule has 64 valence electrons. The Balaban J connectivity index is 2.18. The fourth-order valence-corrected chi connectivity index (χ4v) is 1.60. The van der Waals surface area contributed by atoms with E-state index in [2.05, 4.69) is 4.89 Å². The molecule has 0 aromatic heterocycles. The van der Waals surface area contributed by atoms with E-state index in [1.165, 1.54) is 0 Å². The highest BCUT2D eigenvalue weighted by molar-refractivity contribution is 5.53. The largest absolute Gasteiger partial charge is 0.303 e. The maximum atomic E-state index is 10.3. The van der Waals surface area contributed by atoms with E-state index in [0.717, 1.165) is 32.0 Å². The zero-order valence-corrected chi connectivity index (χ0v) is 6.53. The van der Waals surface area contributed by atoms with Crippen molar-refractivity contribution in [1.29, 1.82) is 0 Å². The molecule has 0 amide bonds. The third-order valence-electron chi connectivity index (χ3n) is 2.39. The van der Waals surface area contributed by atoms with Gasteiger partial charge in [0.05, 0.1) is 6.61 Å². The van der Waals surface area contributed by atoms with Crippen molar-refractivity contribution in [2.45, 2.75) is 25.7 Å². The van der Waals surface area contributed by atoms with Crippen molar-refractivity contribution in [3.63, 3.8) is 0 Å². The molecular formula is C8H14O3. The van der Waals surface area contributed by atoms with Crippen LogP contribution >= 0.6 is 0 Å². The average Bonchev–Trinajstić information content (AvgIpc) is 2.07. The van der Waals surface area contributed by atoms with E-state index in [1.54, 1.807) is 0 Å². The smallest absolute Gasteiger partial charge is 0.123 e. The Bertz CT molecular complexity index is 117. The number of hydrogen-bond acceptors (Lipinski definition) is 3. The first-order chi connectivity index (χ1) is 5.36. The number of hydrogen-bond donors (Lipinski definition) is 1. The predicted octanol–water partition coefficient (Wildman–Crippen LogP) is 1.48. The average molecular weight is 158 g/mol. The molecule has 1 rings (SSSR count). The Morgan fingerprint density at radius 1 is 1.36 bits per heavy atom. The molecule has 11 heavy (non-hydrogen) atoms. The maximum Gasteiger partial charge on any atom is 0.123 e. The number of rotatable bonds is 3. The molecule has 0 spiro atoms. The van der Waals surface area contributed by atoms with Crippen LogP contribution in [0, 0.1) is 11.8 Å². The second-order valence-electron chi connectivity index (χ2n) is 3.21. The van der Waals surface area contributed by atoms with Crippen molar-refractivity contribution in [3.05, 3.63) is 0 Å². The summed E-state index contributed by atoms with van der Waals surface area (Å²) in [7, 11) is 0. The SMILES string of the molecule is O=CC1CCC(COO)CC1. The topological polar surface area (TPSA) is 46.5 Å². The molecule has 0 aromatic carbocycles. The molecule has 3 heteroatoms. The molecule has 0 aromatic rings. The van der Waals surface area contributed by atoms with Crippen LogP contribution in [-0.2, 0) is 9.68 Å². The Labute approximate surface area is 66.3 Å². The van der Waals surface area contributed by atoms with Gasteiger partial charge in [0.15, 0.2) is 0 Å². The molecule has 1 saturated carbocycles. The molecule has 0 atom stereocenters. The van der Waals surface area contributed by atoms with Gasteiger partial charge in [-0.1, -0.05) is 0 Å². The van der Waals surface area contributed by atoms with Gasteiger partial charge in [-0.2, -0.15) is 0 Å². The second-order valence-corrected chi connectivity index (χ2v) is 3.21. The molecule has 0 aliphatic heterocycles. The van der Waals surface area contributed by atoms with Crippen molar-refractivity contribution >= 4 is 6.29 Å². The third kappa shape index (κ3) is 2.60. The normalized spacial score (nSPS) is 31.7. The Hall–Kier alpha value is -0.410. The fraction of sp³-hybridized carbons (Fsp3) is 0.875. The minimum absolute atomic E-state index is 0.255. The molecular weight excluding hydrogens is 144 g/mol. The van der Waals surface area contributed by atoms with E-state index in [9.17, 15) is 4.79 Å². The Morgan fingerprint density at radius 3 is 2.45 bits per heavy atom. The third-order valence-corrected chi connectivity index (χ3v) is 2.39. The summed E-state index contributed by atoms with van der Waals surface area (Å²) < 4.78 is 0. The van der Waals surface area contributed by atoms with Gasteiger partial charge >= 0.3 is 0 Å². The lowest BCUT2D eigenvalue weighted by atomic mass is 9.83. The molecule has 1 fully saturated rings. The Kier molecular flexibility index (Phi) is 3.52. The monoisotopic (exact) mass is 158 g/mol. The minimum atomic E-state index is 0.255. The highest BCUT2D eigenvalue weighted by Gasteiger charge is 2.20. The molecule has 0 bridgehead atoms. The van der Waals surface area contributed by atoms with Crippen LogP contribution < -0.4 is 0 Å². The summed E-state index contributed by atoms with van der Waals surface area (Å²) in [5, 5.41) is 8.17. The fourth-order valence-electron chi connectivity index (χ4n) is 1.60. The zero-order valence-electron chi connectivity index (χ0n) is 6.53. The Morgan fingerprint density at radius 2 is 2.00 bits per heavy atom. The molecule has 0 heterocycles. The van der Waals surface area contributed by atoms with Crippen molar-refractivity contribution in [1.82, 2.24) is 0 Å². The van der Waals surface area contributed by atoms with Crippen molar-refractivity contribution in [3.8, 4) is 0 Å². The summed E-state index contributed by atoms with van der Waals surface area (Å²) in [4.78, 5) is 14.4. The number of carbonyl (C=O) groups is 1. The first-order valence-electron chi connectivity index (χ1n) is 4.08. The van der Waals surface area contributed by atoms with E-state index in [-0.39, 0.29) is 5.92 Å². The van der Waals surface area contributed by atoms with Gasteiger partial charge in [0, 0.05) is 5.92 Å². The predicted molar refractivity (Wildman–Crippen MR) is 40.1 cm³/mol. The quantitative estimate of drug-likeness (QED) is 0.384. The van der Waals surface area contributed by atoms with Crippen LogP contribution in [0.5, 0.6) is 0 Å². The van der Waals surface area contributed by atoms with Gasteiger partial charge in [0.2, 0.25) is 0 Å². The van der Waals surface area contributed by atoms with E-state index >= 15 is 0 Å². The lowest BCUT2D eigenvalue weighted by molar-refractivity contribution is -0.252. The van der Waals surface area contributed by atoms with Crippen LogP contribution in [0.25, 0.3) is 0 Å². The molecule has 0 radical (unpaired) electrons. The minimum Gasteiger partial charge on any atom is -0.303 e. The van der Waals surface area contributed by atoms with Gasteiger partial charge in [0.25, 0.3) is 0 Å². The molecule has 1 aliphatic carbocycles. The second kappa shape index (κ2) is 4.46. The van der Waals surface area contributed by atoms with Crippen molar-refractivity contribution in [2.75, 3.05) is 6.61 Å². The van der Waals surface area contributed by atoms with E-state index < -0.39 is 0 Å². The first kappa shape index (κ1) is 8.68. The summed E-state index contributed by atoms with van der Waals surface area (Å²) in [6, 6.07) is 0. The van der Waals surface area contributed by atoms with Crippen LogP contribution in [0.2, 0.25) is 0 Å². The molecule has 1 aliphatic rings. The van der Waals surface area contributed by atoms with Crippen molar-refractivity contribution in [2.24, 2.45) is 11.8 Å². The standard InChI is InChI=1S/C8H14O3/c9-5-7-1-3-8(4-2-7)6-11-10/h5,7-8,10H,1-4,6H2.